The van der Waals surface area contributed by atoms with Crippen LogP contribution in [0.15, 0.2) is 40.5 Å². The van der Waals surface area contributed by atoms with E-state index < -0.39 is 0 Å². The number of carbonyl (C=O) groups is 1. The van der Waals surface area contributed by atoms with Crippen molar-refractivity contribution in [1.29, 1.82) is 0 Å². The van der Waals surface area contributed by atoms with Crippen molar-refractivity contribution in [2.24, 2.45) is 5.41 Å². The van der Waals surface area contributed by atoms with Gasteiger partial charge in [0.25, 0.3) is 5.56 Å². The molecule has 0 N–H and O–H groups in total. The Balaban J connectivity index is 1.87. The predicted molar refractivity (Wildman–Crippen MR) is 119 cm³/mol. The zero-order valence-corrected chi connectivity index (χ0v) is 18.4. The number of aromatic nitrogens is 2. The van der Waals surface area contributed by atoms with Gasteiger partial charge >= 0.3 is 0 Å². The van der Waals surface area contributed by atoms with E-state index >= 15 is 0 Å². The van der Waals surface area contributed by atoms with E-state index in [1.165, 1.54) is 16.9 Å². The summed E-state index contributed by atoms with van der Waals surface area (Å²) in [6, 6.07) is 9.96. The third-order valence-electron chi connectivity index (χ3n) is 5.52. The first-order valence-electron chi connectivity index (χ1n) is 10.0. The molecule has 29 heavy (non-hydrogen) atoms. The number of rotatable bonds is 3. The average molecular weight is 407 g/mol. The molecule has 1 aliphatic rings. The molecule has 0 unspecified atom stereocenters. The van der Waals surface area contributed by atoms with Gasteiger partial charge in [-0.05, 0) is 38.7 Å². The minimum atomic E-state index is -0.130. The summed E-state index contributed by atoms with van der Waals surface area (Å²) in [5, 5.41) is 2.64. The standard InChI is InChI=1S/C24H26N2O2S/c1-14(2)26-20-11-24(4,5)12-21(27)17(20)10-18(23(26)28)22-25-19(13-29-22)16-8-6-15(3)7-9-16/h6-10,13-14H,11-12H2,1-5H3. The lowest BCUT2D eigenvalue weighted by Crippen LogP contribution is -2.36. The number of thiazole rings is 1. The molecule has 0 radical (unpaired) electrons. The van der Waals surface area contributed by atoms with Crippen molar-refractivity contribution in [3.63, 3.8) is 0 Å². The van der Waals surface area contributed by atoms with Gasteiger partial charge in [-0.25, -0.2) is 4.98 Å². The van der Waals surface area contributed by atoms with E-state index in [-0.39, 0.29) is 22.8 Å². The summed E-state index contributed by atoms with van der Waals surface area (Å²) in [5.41, 5.74) is 4.95. The summed E-state index contributed by atoms with van der Waals surface area (Å²) in [6.07, 6.45) is 1.23. The zero-order valence-electron chi connectivity index (χ0n) is 17.6. The molecule has 2 aromatic heterocycles. The van der Waals surface area contributed by atoms with Crippen molar-refractivity contribution >= 4 is 17.1 Å². The summed E-state index contributed by atoms with van der Waals surface area (Å²) in [4.78, 5) is 31.0. The van der Waals surface area contributed by atoms with Crippen LogP contribution in [0.25, 0.3) is 21.8 Å². The molecule has 150 valence electrons. The Morgan fingerprint density at radius 2 is 1.76 bits per heavy atom. The Bertz CT molecular complexity index is 1150. The number of fused-ring (bicyclic) bond motifs is 1. The molecule has 0 saturated carbocycles. The minimum Gasteiger partial charge on any atom is -0.309 e. The molecule has 1 aliphatic carbocycles. The molecule has 0 atom stereocenters. The second kappa shape index (κ2) is 7.06. The van der Waals surface area contributed by atoms with E-state index in [2.05, 4.69) is 32.9 Å². The molecule has 0 spiro atoms. The second-order valence-corrected chi connectivity index (χ2v) is 9.89. The predicted octanol–water partition coefficient (Wildman–Crippen LogP) is 5.68. The first kappa shape index (κ1) is 19.8. The molecule has 3 aromatic rings. The largest absolute Gasteiger partial charge is 0.309 e. The Hall–Kier alpha value is -2.53. The molecule has 0 amide bonds. The summed E-state index contributed by atoms with van der Waals surface area (Å²) in [6.45, 7) is 10.2. The molecule has 0 aliphatic heterocycles. The van der Waals surface area contributed by atoms with Crippen molar-refractivity contribution in [2.75, 3.05) is 0 Å². The van der Waals surface area contributed by atoms with E-state index in [9.17, 15) is 9.59 Å². The maximum Gasteiger partial charge on any atom is 0.261 e. The number of hydrogen-bond donors (Lipinski definition) is 0. The third-order valence-corrected chi connectivity index (χ3v) is 6.40. The van der Waals surface area contributed by atoms with E-state index in [1.54, 1.807) is 10.6 Å². The molecule has 2 heterocycles. The first-order chi connectivity index (χ1) is 13.7. The van der Waals surface area contributed by atoms with Crippen molar-refractivity contribution in [3.05, 3.63) is 62.9 Å². The van der Waals surface area contributed by atoms with Crippen LogP contribution in [-0.2, 0) is 6.42 Å². The van der Waals surface area contributed by atoms with E-state index in [4.69, 9.17) is 4.98 Å². The monoisotopic (exact) mass is 406 g/mol. The van der Waals surface area contributed by atoms with E-state index in [0.717, 1.165) is 23.4 Å². The van der Waals surface area contributed by atoms with Gasteiger partial charge in [0.1, 0.15) is 5.01 Å². The van der Waals surface area contributed by atoms with Crippen LogP contribution in [0.4, 0.5) is 0 Å². The molecule has 5 heteroatoms. The quantitative estimate of drug-likeness (QED) is 0.562. The fourth-order valence-corrected chi connectivity index (χ4v) is 4.93. The third kappa shape index (κ3) is 3.60. The van der Waals surface area contributed by atoms with Gasteiger partial charge in [-0.2, -0.15) is 0 Å². The molecule has 4 nitrogen and oxygen atoms in total. The summed E-state index contributed by atoms with van der Waals surface area (Å²) >= 11 is 1.45. The van der Waals surface area contributed by atoms with Crippen molar-refractivity contribution < 1.29 is 4.79 Å². The van der Waals surface area contributed by atoms with Gasteiger partial charge < -0.3 is 4.57 Å². The lowest BCUT2D eigenvalue weighted by atomic mass is 9.75. The second-order valence-electron chi connectivity index (χ2n) is 9.03. The van der Waals surface area contributed by atoms with Crippen LogP contribution in [0.3, 0.4) is 0 Å². The molecule has 1 aromatic carbocycles. The van der Waals surface area contributed by atoms with Gasteiger partial charge in [0.15, 0.2) is 5.78 Å². The van der Waals surface area contributed by atoms with Gasteiger partial charge in [-0.1, -0.05) is 43.7 Å². The maximum atomic E-state index is 13.4. The Morgan fingerprint density at radius 1 is 1.07 bits per heavy atom. The summed E-state index contributed by atoms with van der Waals surface area (Å²) < 4.78 is 1.80. The molecule has 0 bridgehead atoms. The Morgan fingerprint density at radius 3 is 2.41 bits per heavy atom. The highest BCUT2D eigenvalue weighted by atomic mass is 32.1. The number of benzene rings is 1. The number of nitrogens with zero attached hydrogens (tertiary/aromatic N) is 2. The zero-order chi connectivity index (χ0) is 20.9. The molecular formula is C24H26N2O2S. The highest BCUT2D eigenvalue weighted by Crippen LogP contribution is 2.37. The van der Waals surface area contributed by atoms with E-state index in [0.29, 0.717) is 22.6 Å². The number of aryl methyl sites for hydroxylation is 1. The maximum absolute atomic E-state index is 13.4. The Labute approximate surface area is 175 Å². The lowest BCUT2D eigenvalue weighted by Gasteiger charge is -2.33. The van der Waals surface area contributed by atoms with Gasteiger partial charge in [-0.15, -0.1) is 11.3 Å². The lowest BCUT2D eigenvalue weighted by molar-refractivity contribution is 0.0907. The first-order valence-corrected chi connectivity index (χ1v) is 10.9. The molecule has 0 saturated heterocycles. The summed E-state index contributed by atoms with van der Waals surface area (Å²) in [5.74, 6) is 0.113. The Kier molecular flexibility index (Phi) is 4.82. The van der Waals surface area contributed by atoms with Crippen LogP contribution in [0.2, 0.25) is 0 Å². The minimum absolute atomic E-state index is 0.0190. The van der Waals surface area contributed by atoms with Crippen LogP contribution in [0, 0.1) is 12.3 Å². The van der Waals surface area contributed by atoms with Crippen molar-refractivity contribution in [2.45, 2.75) is 53.5 Å². The van der Waals surface area contributed by atoms with Crippen molar-refractivity contribution in [3.8, 4) is 21.8 Å². The molecule has 0 fully saturated rings. The van der Waals surface area contributed by atoms with Gasteiger partial charge in [0.2, 0.25) is 0 Å². The summed E-state index contributed by atoms with van der Waals surface area (Å²) in [7, 11) is 0. The highest BCUT2D eigenvalue weighted by molar-refractivity contribution is 7.13. The number of carbonyl (C=O) groups excluding carboxylic acids is 1. The highest BCUT2D eigenvalue weighted by Gasteiger charge is 2.34. The van der Waals surface area contributed by atoms with Crippen molar-refractivity contribution in [1.82, 2.24) is 9.55 Å². The SMILES string of the molecule is Cc1ccc(-c2csc(-c3cc4c(n(C(C)C)c3=O)CC(C)(C)CC4=O)n2)cc1. The van der Waals surface area contributed by atoms with Gasteiger partial charge in [0, 0.05) is 34.7 Å². The van der Waals surface area contributed by atoms with Crippen LogP contribution in [0.5, 0.6) is 0 Å². The fraction of sp³-hybridized carbons (Fsp3) is 0.375. The number of Topliss-reactive ketones (excluding diaryl/α,β-unsaturated/α-hetero) is 1. The van der Waals surface area contributed by atoms with Crippen LogP contribution in [0.1, 0.15) is 61.8 Å². The molecule has 4 rings (SSSR count). The molecular weight excluding hydrogens is 380 g/mol. The number of ketones is 1. The smallest absolute Gasteiger partial charge is 0.261 e. The van der Waals surface area contributed by atoms with Crippen LogP contribution in [-0.4, -0.2) is 15.3 Å². The van der Waals surface area contributed by atoms with Gasteiger partial charge in [-0.3, -0.25) is 9.59 Å². The average Bonchev–Trinajstić information content (AvgIpc) is 3.10. The van der Waals surface area contributed by atoms with Crippen LogP contribution < -0.4 is 5.56 Å². The van der Waals surface area contributed by atoms with Crippen LogP contribution >= 0.6 is 11.3 Å². The topological polar surface area (TPSA) is 52.0 Å². The normalized spacial score (nSPS) is 15.6. The fourth-order valence-electron chi connectivity index (χ4n) is 4.09. The van der Waals surface area contributed by atoms with E-state index in [1.807, 2.05) is 31.4 Å². The number of pyridine rings is 1. The number of hydrogen-bond acceptors (Lipinski definition) is 4. The van der Waals surface area contributed by atoms with Gasteiger partial charge in [0.05, 0.1) is 11.3 Å².